The van der Waals surface area contributed by atoms with Crippen LogP contribution in [-0.4, -0.2) is 36.9 Å². The van der Waals surface area contributed by atoms with E-state index in [2.05, 4.69) is 10.1 Å². The maximum atomic E-state index is 12.1. The Morgan fingerprint density at radius 1 is 1.24 bits per heavy atom. The number of carbonyl (C=O) groups excluding carboxylic acids is 2. The number of hydrogen-bond donors (Lipinski definition) is 1. The Balaban J connectivity index is 1.75. The molecule has 0 saturated carbocycles. The molecule has 1 aromatic heterocycles. The Kier molecular flexibility index (Phi) is 6.50. The van der Waals surface area contributed by atoms with Crippen LogP contribution < -0.4 is 10.1 Å². The SMILES string of the molecule is CN(Cc1ccc(OC(F)F)cc1)C(=O)CCNC(=O)c1ccco1. The molecule has 1 heterocycles. The smallest absolute Gasteiger partial charge is 0.387 e. The van der Waals surface area contributed by atoms with E-state index in [-0.39, 0.29) is 36.3 Å². The van der Waals surface area contributed by atoms with Crippen LogP contribution in [0.15, 0.2) is 47.1 Å². The van der Waals surface area contributed by atoms with Gasteiger partial charge in [-0.3, -0.25) is 9.59 Å². The topological polar surface area (TPSA) is 71.8 Å². The van der Waals surface area contributed by atoms with E-state index in [1.54, 1.807) is 25.2 Å². The third-order valence-electron chi connectivity index (χ3n) is 3.36. The second-order valence-corrected chi connectivity index (χ2v) is 5.26. The maximum absolute atomic E-state index is 12.1. The van der Waals surface area contributed by atoms with E-state index in [0.29, 0.717) is 6.54 Å². The quantitative estimate of drug-likeness (QED) is 0.793. The molecule has 0 fully saturated rings. The van der Waals surface area contributed by atoms with Gasteiger partial charge in [0.05, 0.1) is 6.26 Å². The first-order chi connectivity index (χ1) is 12.0. The van der Waals surface area contributed by atoms with Crippen molar-refractivity contribution < 1.29 is 27.5 Å². The molecule has 2 amide bonds. The van der Waals surface area contributed by atoms with Gasteiger partial charge in [0, 0.05) is 26.6 Å². The fourth-order valence-electron chi connectivity index (χ4n) is 2.11. The minimum absolute atomic E-state index is 0.0633. The number of nitrogens with one attached hydrogen (secondary N) is 1. The number of ether oxygens (including phenoxy) is 1. The predicted molar refractivity (Wildman–Crippen MR) is 85.2 cm³/mol. The molecule has 1 N–H and O–H groups in total. The van der Waals surface area contributed by atoms with Gasteiger partial charge in [-0.1, -0.05) is 12.1 Å². The molecule has 0 radical (unpaired) electrons. The summed E-state index contributed by atoms with van der Waals surface area (Å²) in [4.78, 5) is 25.2. The average Bonchev–Trinajstić information content (AvgIpc) is 3.10. The molecule has 0 saturated heterocycles. The van der Waals surface area contributed by atoms with Crippen molar-refractivity contribution in [1.82, 2.24) is 10.2 Å². The van der Waals surface area contributed by atoms with E-state index in [1.165, 1.54) is 29.4 Å². The molecule has 0 aliphatic heterocycles. The Morgan fingerprint density at radius 2 is 1.96 bits per heavy atom. The third-order valence-corrected chi connectivity index (χ3v) is 3.36. The van der Waals surface area contributed by atoms with Crippen molar-refractivity contribution in [3.63, 3.8) is 0 Å². The summed E-state index contributed by atoms with van der Waals surface area (Å²) in [7, 11) is 1.63. The van der Waals surface area contributed by atoms with Gasteiger partial charge >= 0.3 is 6.61 Å². The molecule has 8 heteroatoms. The summed E-state index contributed by atoms with van der Waals surface area (Å²) in [6, 6.07) is 9.20. The standard InChI is InChI=1S/C17H18F2N2O4/c1-21(11-12-4-6-13(7-5-12)25-17(18)19)15(22)8-9-20-16(23)14-3-2-10-24-14/h2-7,10,17H,8-9,11H2,1H3,(H,20,23). The summed E-state index contributed by atoms with van der Waals surface area (Å²) in [6.45, 7) is -2.37. The zero-order valence-electron chi connectivity index (χ0n) is 13.6. The molecule has 0 aliphatic carbocycles. The van der Waals surface area contributed by atoms with Crippen LogP contribution in [0.5, 0.6) is 5.75 Å². The zero-order valence-corrected chi connectivity index (χ0v) is 13.6. The molecule has 25 heavy (non-hydrogen) atoms. The summed E-state index contributed by atoms with van der Waals surface area (Å²) < 4.78 is 33.4. The third kappa shape index (κ3) is 5.91. The lowest BCUT2D eigenvalue weighted by atomic mass is 10.2. The number of halogens is 2. The van der Waals surface area contributed by atoms with Gasteiger partial charge in [0.1, 0.15) is 5.75 Å². The predicted octanol–water partition coefficient (Wildman–Crippen LogP) is 2.66. The molecule has 134 valence electrons. The second kappa shape index (κ2) is 8.81. The number of carbonyl (C=O) groups is 2. The second-order valence-electron chi connectivity index (χ2n) is 5.26. The highest BCUT2D eigenvalue weighted by Crippen LogP contribution is 2.15. The van der Waals surface area contributed by atoms with Crippen LogP contribution in [-0.2, 0) is 11.3 Å². The zero-order chi connectivity index (χ0) is 18.2. The summed E-state index contributed by atoms with van der Waals surface area (Å²) in [5.41, 5.74) is 0.775. The molecule has 0 aliphatic rings. The first-order valence-corrected chi connectivity index (χ1v) is 7.55. The van der Waals surface area contributed by atoms with Gasteiger partial charge in [-0.25, -0.2) is 0 Å². The highest BCUT2D eigenvalue weighted by atomic mass is 19.3. The number of furan rings is 1. The molecule has 0 bridgehead atoms. The van der Waals surface area contributed by atoms with Crippen molar-refractivity contribution in [2.75, 3.05) is 13.6 Å². The Bertz CT molecular complexity index is 687. The molecular formula is C17H18F2N2O4. The van der Waals surface area contributed by atoms with Crippen LogP contribution in [0.2, 0.25) is 0 Å². The molecule has 1 aromatic carbocycles. The highest BCUT2D eigenvalue weighted by molar-refractivity contribution is 5.91. The van der Waals surface area contributed by atoms with Crippen molar-refractivity contribution in [2.45, 2.75) is 19.6 Å². The summed E-state index contributed by atoms with van der Waals surface area (Å²) in [5.74, 6) is -0.289. The molecule has 0 atom stereocenters. The van der Waals surface area contributed by atoms with E-state index >= 15 is 0 Å². The monoisotopic (exact) mass is 352 g/mol. The van der Waals surface area contributed by atoms with Gasteiger partial charge < -0.3 is 19.4 Å². The number of hydrogen-bond acceptors (Lipinski definition) is 4. The van der Waals surface area contributed by atoms with E-state index in [4.69, 9.17) is 4.42 Å². The van der Waals surface area contributed by atoms with E-state index < -0.39 is 6.61 Å². The lowest BCUT2D eigenvalue weighted by Crippen LogP contribution is -2.31. The molecule has 2 aromatic rings. The Hall–Kier alpha value is -2.90. The van der Waals surface area contributed by atoms with Crippen LogP contribution in [0.3, 0.4) is 0 Å². The van der Waals surface area contributed by atoms with Crippen LogP contribution in [0.25, 0.3) is 0 Å². The lowest BCUT2D eigenvalue weighted by molar-refractivity contribution is -0.130. The van der Waals surface area contributed by atoms with Gasteiger partial charge in [-0.05, 0) is 29.8 Å². The van der Waals surface area contributed by atoms with E-state index in [0.717, 1.165) is 5.56 Å². The first kappa shape index (κ1) is 18.4. The van der Waals surface area contributed by atoms with Gasteiger partial charge in [-0.2, -0.15) is 8.78 Å². The largest absolute Gasteiger partial charge is 0.459 e. The van der Waals surface area contributed by atoms with Crippen LogP contribution in [0.4, 0.5) is 8.78 Å². The van der Waals surface area contributed by atoms with Gasteiger partial charge in [0.2, 0.25) is 5.91 Å². The molecule has 6 nitrogen and oxygen atoms in total. The highest BCUT2D eigenvalue weighted by Gasteiger charge is 2.12. The summed E-state index contributed by atoms with van der Waals surface area (Å²) >= 11 is 0. The lowest BCUT2D eigenvalue weighted by Gasteiger charge is -2.17. The van der Waals surface area contributed by atoms with E-state index in [9.17, 15) is 18.4 Å². The molecule has 2 rings (SSSR count). The van der Waals surface area contributed by atoms with Crippen molar-refractivity contribution in [3.8, 4) is 5.75 Å². The number of rotatable bonds is 8. The summed E-state index contributed by atoms with van der Waals surface area (Å²) in [6.07, 6.45) is 1.53. The maximum Gasteiger partial charge on any atom is 0.387 e. The van der Waals surface area contributed by atoms with Crippen LogP contribution >= 0.6 is 0 Å². The minimum atomic E-state index is -2.87. The number of amides is 2. The normalized spacial score (nSPS) is 10.6. The fraction of sp³-hybridized carbons (Fsp3) is 0.294. The number of alkyl halides is 2. The van der Waals surface area contributed by atoms with Crippen LogP contribution in [0.1, 0.15) is 22.5 Å². The van der Waals surface area contributed by atoms with Gasteiger partial charge in [-0.15, -0.1) is 0 Å². The molecule has 0 unspecified atom stereocenters. The molecule has 0 spiro atoms. The van der Waals surface area contributed by atoms with Gasteiger partial charge in [0.25, 0.3) is 5.91 Å². The van der Waals surface area contributed by atoms with Gasteiger partial charge in [0.15, 0.2) is 5.76 Å². The molecular weight excluding hydrogens is 334 g/mol. The Labute approximate surface area is 143 Å². The average molecular weight is 352 g/mol. The van der Waals surface area contributed by atoms with Crippen molar-refractivity contribution in [3.05, 3.63) is 54.0 Å². The minimum Gasteiger partial charge on any atom is -0.459 e. The van der Waals surface area contributed by atoms with Crippen molar-refractivity contribution in [2.24, 2.45) is 0 Å². The first-order valence-electron chi connectivity index (χ1n) is 7.55. The van der Waals surface area contributed by atoms with Crippen LogP contribution in [0, 0.1) is 0 Å². The fourth-order valence-corrected chi connectivity index (χ4v) is 2.11. The van der Waals surface area contributed by atoms with Crippen molar-refractivity contribution in [1.29, 1.82) is 0 Å². The number of benzene rings is 1. The van der Waals surface area contributed by atoms with E-state index in [1.807, 2.05) is 0 Å². The summed E-state index contributed by atoms with van der Waals surface area (Å²) in [5, 5.41) is 2.59. The van der Waals surface area contributed by atoms with Crippen molar-refractivity contribution >= 4 is 11.8 Å². The number of nitrogens with zero attached hydrogens (tertiary/aromatic N) is 1. The Morgan fingerprint density at radius 3 is 2.56 bits per heavy atom.